The predicted molar refractivity (Wildman–Crippen MR) is 69.7 cm³/mol. The van der Waals surface area contributed by atoms with Crippen molar-refractivity contribution in [2.24, 2.45) is 17.8 Å². The summed E-state index contributed by atoms with van der Waals surface area (Å²) in [5.74, 6) is 1.92. The molecule has 5 unspecified atom stereocenters. The first-order chi connectivity index (χ1) is 8.08. The number of hydrogen-bond acceptors (Lipinski definition) is 2. The molecule has 2 fully saturated rings. The van der Waals surface area contributed by atoms with E-state index in [9.17, 15) is 4.79 Å². The normalized spacial score (nSPS) is 42.4. The minimum absolute atomic E-state index is 0.231. The third-order valence-electron chi connectivity index (χ3n) is 4.79. The summed E-state index contributed by atoms with van der Waals surface area (Å²) in [6, 6.07) is 0.905. The highest BCUT2D eigenvalue weighted by Crippen LogP contribution is 2.31. The van der Waals surface area contributed by atoms with Crippen molar-refractivity contribution in [1.82, 2.24) is 10.6 Å². The van der Waals surface area contributed by atoms with Gasteiger partial charge >= 0.3 is 0 Å². The lowest BCUT2D eigenvalue weighted by Crippen LogP contribution is -2.46. The molecule has 0 aromatic heterocycles. The lowest BCUT2D eigenvalue weighted by molar-refractivity contribution is -0.127. The van der Waals surface area contributed by atoms with Crippen LogP contribution in [0.5, 0.6) is 0 Å². The SMILES string of the molecule is CC1CC(C(=O)NC2CCC(C)C2C)CCN1. The van der Waals surface area contributed by atoms with Gasteiger partial charge in [0.1, 0.15) is 0 Å². The van der Waals surface area contributed by atoms with Crippen molar-refractivity contribution in [3.8, 4) is 0 Å². The summed E-state index contributed by atoms with van der Waals surface area (Å²) in [5.41, 5.74) is 0. The lowest BCUT2D eigenvalue weighted by atomic mass is 9.91. The third-order valence-corrected chi connectivity index (χ3v) is 4.79. The molecule has 5 atom stereocenters. The van der Waals surface area contributed by atoms with Gasteiger partial charge in [0.05, 0.1) is 0 Å². The topological polar surface area (TPSA) is 41.1 Å². The molecule has 3 nitrogen and oxygen atoms in total. The van der Waals surface area contributed by atoms with E-state index >= 15 is 0 Å². The molecular formula is C14H26N2O. The molecule has 0 radical (unpaired) electrons. The maximum absolute atomic E-state index is 12.2. The monoisotopic (exact) mass is 238 g/mol. The van der Waals surface area contributed by atoms with Gasteiger partial charge in [0, 0.05) is 18.0 Å². The Morgan fingerprint density at radius 1 is 1.18 bits per heavy atom. The molecule has 0 spiro atoms. The summed E-state index contributed by atoms with van der Waals surface area (Å²) >= 11 is 0. The van der Waals surface area contributed by atoms with Crippen LogP contribution in [0.2, 0.25) is 0 Å². The van der Waals surface area contributed by atoms with Crippen molar-refractivity contribution in [2.75, 3.05) is 6.54 Å². The fraction of sp³-hybridized carbons (Fsp3) is 0.929. The quantitative estimate of drug-likeness (QED) is 0.772. The molecule has 1 aliphatic carbocycles. The minimum atomic E-state index is 0.231. The molecule has 0 aromatic rings. The van der Waals surface area contributed by atoms with Gasteiger partial charge in [0.2, 0.25) is 5.91 Å². The molecular weight excluding hydrogens is 212 g/mol. The van der Waals surface area contributed by atoms with Crippen LogP contribution < -0.4 is 10.6 Å². The van der Waals surface area contributed by atoms with E-state index in [1.165, 1.54) is 6.42 Å². The van der Waals surface area contributed by atoms with E-state index in [4.69, 9.17) is 0 Å². The Balaban J connectivity index is 1.84. The standard InChI is InChI=1S/C14H26N2O/c1-9-4-5-13(11(9)3)16-14(17)12-6-7-15-10(2)8-12/h9-13,15H,4-8H2,1-3H3,(H,16,17). The lowest BCUT2D eigenvalue weighted by Gasteiger charge is -2.29. The minimum Gasteiger partial charge on any atom is -0.353 e. The van der Waals surface area contributed by atoms with Crippen LogP contribution in [0.15, 0.2) is 0 Å². The average molecular weight is 238 g/mol. The molecule has 98 valence electrons. The van der Waals surface area contributed by atoms with Gasteiger partial charge in [-0.3, -0.25) is 4.79 Å². The van der Waals surface area contributed by atoms with Crippen molar-refractivity contribution in [1.29, 1.82) is 0 Å². The van der Waals surface area contributed by atoms with Gasteiger partial charge in [-0.2, -0.15) is 0 Å². The largest absolute Gasteiger partial charge is 0.353 e. The zero-order valence-corrected chi connectivity index (χ0v) is 11.3. The van der Waals surface area contributed by atoms with Crippen LogP contribution in [0.4, 0.5) is 0 Å². The highest BCUT2D eigenvalue weighted by atomic mass is 16.1. The molecule has 0 aromatic carbocycles. The second-order valence-corrected chi connectivity index (χ2v) is 6.11. The summed E-state index contributed by atoms with van der Waals surface area (Å²) in [6.07, 6.45) is 4.40. The van der Waals surface area contributed by atoms with Gasteiger partial charge in [0.25, 0.3) is 0 Å². The fourth-order valence-electron chi connectivity index (χ4n) is 3.24. The summed E-state index contributed by atoms with van der Waals surface area (Å²) in [6.45, 7) is 7.71. The molecule has 0 bridgehead atoms. The molecule has 3 heteroatoms. The number of rotatable bonds is 2. The van der Waals surface area contributed by atoms with Gasteiger partial charge in [-0.05, 0) is 51.0 Å². The van der Waals surface area contributed by atoms with Crippen LogP contribution in [0.3, 0.4) is 0 Å². The van der Waals surface area contributed by atoms with E-state index in [2.05, 4.69) is 31.4 Å². The number of carbonyl (C=O) groups excluding carboxylic acids is 1. The second-order valence-electron chi connectivity index (χ2n) is 6.11. The van der Waals surface area contributed by atoms with Crippen LogP contribution in [0.1, 0.15) is 46.5 Å². The Labute approximate surface area is 105 Å². The van der Waals surface area contributed by atoms with Crippen molar-refractivity contribution >= 4 is 5.91 Å². The Kier molecular flexibility index (Phi) is 4.08. The molecule has 1 heterocycles. The van der Waals surface area contributed by atoms with Crippen LogP contribution >= 0.6 is 0 Å². The van der Waals surface area contributed by atoms with Crippen molar-refractivity contribution in [3.63, 3.8) is 0 Å². The van der Waals surface area contributed by atoms with Crippen LogP contribution in [-0.2, 0) is 4.79 Å². The van der Waals surface area contributed by atoms with Crippen LogP contribution in [-0.4, -0.2) is 24.5 Å². The predicted octanol–water partition coefficient (Wildman–Crippen LogP) is 1.93. The maximum atomic E-state index is 12.2. The third kappa shape index (κ3) is 3.01. The van der Waals surface area contributed by atoms with Gasteiger partial charge < -0.3 is 10.6 Å². The first-order valence-corrected chi connectivity index (χ1v) is 7.11. The van der Waals surface area contributed by atoms with Crippen molar-refractivity contribution in [2.45, 2.75) is 58.5 Å². The van der Waals surface area contributed by atoms with E-state index in [1.54, 1.807) is 0 Å². The zero-order chi connectivity index (χ0) is 12.4. The van der Waals surface area contributed by atoms with E-state index < -0.39 is 0 Å². The van der Waals surface area contributed by atoms with Crippen molar-refractivity contribution in [3.05, 3.63) is 0 Å². The number of amides is 1. The van der Waals surface area contributed by atoms with Gasteiger partial charge in [0.15, 0.2) is 0 Å². The molecule has 1 aliphatic heterocycles. The second kappa shape index (κ2) is 5.38. The number of nitrogens with one attached hydrogen (secondary N) is 2. The summed E-state index contributed by atoms with van der Waals surface area (Å²) in [5, 5.41) is 6.68. The first kappa shape index (κ1) is 12.9. The summed E-state index contributed by atoms with van der Waals surface area (Å²) < 4.78 is 0. The zero-order valence-electron chi connectivity index (χ0n) is 11.3. The van der Waals surface area contributed by atoms with Gasteiger partial charge in [-0.25, -0.2) is 0 Å². The summed E-state index contributed by atoms with van der Waals surface area (Å²) in [7, 11) is 0. The Bertz CT molecular complexity index is 279. The average Bonchev–Trinajstić information content (AvgIpc) is 2.61. The number of piperidine rings is 1. The molecule has 1 saturated heterocycles. The van der Waals surface area contributed by atoms with Crippen LogP contribution in [0, 0.1) is 17.8 Å². The van der Waals surface area contributed by atoms with E-state index in [1.807, 2.05) is 0 Å². The van der Waals surface area contributed by atoms with Gasteiger partial charge in [-0.15, -0.1) is 0 Å². The Morgan fingerprint density at radius 2 is 1.94 bits per heavy atom. The molecule has 2 aliphatic rings. The molecule has 1 amide bonds. The first-order valence-electron chi connectivity index (χ1n) is 7.11. The highest BCUT2D eigenvalue weighted by molar-refractivity contribution is 5.79. The number of carbonyl (C=O) groups is 1. The Morgan fingerprint density at radius 3 is 2.53 bits per heavy atom. The molecule has 1 saturated carbocycles. The van der Waals surface area contributed by atoms with Crippen molar-refractivity contribution < 1.29 is 4.79 Å². The van der Waals surface area contributed by atoms with E-state index in [0.717, 1.165) is 31.7 Å². The van der Waals surface area contributed by atoms with E-state index in [-0.39, 0.29) is 5.92 Å². The molecule has 2 N–H and O–H groups in total. The Hall–Kier alpha value is -0.570. The van der Waals surface area contributed by atoms with Gasteiger partial charge in [-0.1, -0.05) is 13.8 Å². The highest BCUT2D eigenvalue weighted by Gasteiger charge is 2.33. The molecule has 2 rings (SSSR count). The van der Waals surface area contributed by atoms with E-state index in [0.29, 0.717) is 23.9 Å². The number of hydrogen-bond donors (Lipinski definition) is 2. The van der Waals surface area contributed by atoms with Crippen LogP contribution in [0.25, 0.3) is 0 Å². The molecule has 17 heavy (non-hydrogen) atoms. The fourth-order valence-corrected chi connectivity index (χ4v) is 3.24. The summed E-state index contributed by atoms with van der Waals surface area (Å²) in [4.78, 5) is 12.2. The maximum Gasteiger partial charge on any atom is 0.223 e. The smallest absolute Gasteiger partial charge is 0.223 e.